The number of halogens is 1. The SMILES string of the molecule is CN=C(NCC(C)N1CCCC(C)C1)NC(C)COC.I. The zero-order chi connectivity index (χ0) is 15.0. The number of nitrogens with zero attached hydrogens (tertiary/aromatic N) is 2. The highest BCUT2D eigenvalue weighted by Gasteiger charge is 2.20. The molecule has 6 heteroatoms. The zero-order valence-electron chi connectivity index (χ0n) is 14.2. The fraction of sp³-hybridized carbons (Fsp3) is 0.933. The standard InChI is InChI=1S/C15H32N4O.HI/c1-12-7-6-8-19(10-12)14(3)9-17-15(16-4)18-13(2)11-20-5;/h12-14H,6-11H2,1-5H3,(H2,16,17,18);1H. The van der Waals surface area contributed by atoms with Crippen LogP contribution in [0.25, 0.3) is 0 Å². The number of guanidine groups is 1. The summed E-state index contributed by atoms with van der Waals surface area (Å²) in [6.07, 6.45) is 2.69. The number of rotatable bonds is 6. The third-order valence-electron chi connectivity index (χ3n) is 3.90. The Labute approximate surface area is 147 Å². The zero-order valence-corrected chi connectivity index (χ0v) is 16.5. The van der Waals surface area contributed by atoms with E-state index in [0.717, 1.165) is 18.4 Å². The Kier molecular flexibility index (Phi) is 11.4. The van der Waals surface area contributed by atoms with Gasteiger partial charge in [-0.05, 0) is 39.2 Å². The van der Waals surface area contributed by atoms with E-state index in [1.807, 2.05) is 7.05 Å². The molecule has 0 aromatic heterocycles. The number of piperidine rings is 1. The predicted octanol–water partition coefficient (Wildman–Crippen LogP) is 1.92. The predicted molar refractivity (Wildman–Crippen MR) is 101 cm³/mol. The second-order valence-electron chi connectivity index (χ2n) is 6.05. The van der Waals surface area contributed by atoms with Crippen LogP contribution in [0.1, 0.15) is 33.6 Å². The van der Waals surface area contributed by atoms with Crippen LogP contribution in [0.3, 0.4) is 0 Å². The molecule has 0 amide bonds. The van der Waals surface area contributed by atoms with E-state index in [1.54, 1.807) is 7.11 Å². The van der Waals surface area contributed by atoms with Crippen LogP contribution >= 0.6 is 24.0 Å². The highest BCUT2D eigenvalue weighted by molar-refractivity contribution is 14.0. The van der Waals surface area contributed by atoms with Crippen molar-refractivity contribution in [3.8, 4) is 0 Å². The maximum absolute atomic E-state index is 5.13. The lowest BCUT2D eigenvalue weighted by molar-refractivity contribution is 0.139. The summed E-state index contributed by atoms with van der Waals surface area (Å²) in [4.78, 5) is 6.84. The third-order valence-corrected chi connectivity index (χ3v) is 3.90. The Bertz CT molecular complexity index is 301. The van der Waals surface area contributed by atoms with E-state index in [9.17, 15) is 0 Å². The average molecular weight is 412 g/mol. The van der Waals surface area contributed by atoms with Gasteiger partial charge in [-0.3, -0.25) is 9.89 Å². The molecule has 0 saturated carbocycles. The van der Waals surface area contributed by atoms with Crippen molar-refractivity contribution in [1.82, 2.24) is 15.5 Å². The van der Waals surface area contributed by atoms with E-state index in [0.29, 0.717) is 12.6 Å². The molecule has 0 aliphatic carbocycles. The molecular formula is C15H33IN4O. The molecule has 0 radical (unpaired) electrons. The van der Waals surface area contributed by atoms with E-state index in [4.69, 9.17) is 4.74 Å². The quantitative estimate of drug-likeness (QED) is 0.398. The van der Waals surface area contributed by atoms with E-state index in [-0.39, 0.29) is 30.0 Å². The van der Waals surface area contributed by atoms with Crippen molar-refractivity contribution < 1.29 is 4.74 Å². The van der Waals surface area contributed by atoms with Gasteiger partial charge in [-0.25, -0.2) is 0 Å². The van der Waals surface area contributed by atoms with Crippen molar-refractivity contribution in [3.63, 3.8) is 0 Å². The molecule has 1 aliphatic heterocycles. The van der Waals surface area contributed by atoms with Crippen molar-refractivity contribution >= 4 is 29.9 Å². The fourth-order valence-electron chi connectivity index (χ4n) is 2.72. The third kappa shape index (κ3) is 8.21. The summed E-state index contributed by atoms with van der Waals surface area (Å²) < 4.78 is 5.13. The van der Waals surface area contributed by atoms with Crippen molar-refractivity contribution in [2.75, 3.05) is 40.4 Å². The Morgan fingerprint density at radius 1 is 1.43 bits per heavy atom. The molecule has 5 nitrogen and oxygen atoms in total. The molecule has 126 valence electrons. The van der Waals surface area contributed by atoms with Gasteiger partial charge in [0.1, 0.15) is 0 Å². The van der Waals surface area contributed by atoms with E-state index in [1.165, 1.54) is 25.9 Å². The van der Waals surface area contributed by atoms with E-state index < -0.39 is 0 Å². The van der Waals surface area contributed by atoms with Crippen LogP contribution in [0.5, 0.6) is 0 Å². The fourth-order valence-corrected chi connectivity index (χ4v) is 2.72. The Balaban J connectivity index is 0.00000400. The molecule has 0 aromatic carbocycles. The summed E-state index contributed by atoms with van der Waals surface area (Å²) in [5.41, 5.74) is 0. The summed E-state index contributed by atoms with van der Waals surface area (Å²) in [5.74, 6) is 1.68. The van der Waals surface area contributed by atoms with Gasteiger partial charge in [0.05, 0.1) is 6.61 Å². The maximum atomic E-state index is 5.13. The van der Waals surface area contributed by atoms with Crippen molar-refractivity contribution in [1.29, 1.82) is 0 Å². The van der Waals surface area contributed by atoms with Gasteiger partial charge in [0, 0.05) is 39.3 Å². The van der Waals surface area contributed by atoms with Crippen molar-refractivity contribution in [3.05, 3.63) is 0 Å². The van der Waals surface area contributed by atoms with Gasteiger partial charge >= 0.3 is 0 Å². The molecular weight excluding hydrogens is 379 g/mol. The average Bonchev–Trinajstić information content (AvgIpc) is 2.43. The normalized spacial score (nSPS) is 23.1. The summed E-state index contributed by atoms with van der Waals surface area (Å²) in [7, 11) is 3.52. The molecule has 1 rings (SSSR count). The van der Waals surface area contributed by atoms with Crippen LogP contribution in [0.2, 0.25) is 0 Å². The van der Waals surface area contributed by atoms with Crippen LogP contribution < -0.4 is 10.6 Å². The second kappa shape index (κ2) is 11.5. The van der Waals surface area contributed by atoms with Crippen molar-refractivity contribution in [2.45, 2.75) is 45.7 Å². The van der Waals surface area contributed by atoms with Crippen molar-refractivity contribution in [2.24, 2.45) is 10.9 Å². The lowest BCUT2D eigenvalue weighted by Crippen LogP contribution is -2.50. The minimum atomic E-state index is 0. The summed E-state index contributed by atoms with van der Waals surface area (Å²) in [6.45, 7) is 10.8. The molecule has 3 atom stereocenters. The van der Waals surface area contributed by atoms with Crippen LogP contribution in [-0.2, 0) is 4.74 Å². The molecule has 1 heterocycles. The number of nitrogens with one attached hydrogen (secondary N) is 2. The highest BCUT2D eigenvalue weighted by Crippen LogP contribution is 2.17. The van der Waals surface area contributed by atoms with Gasteiger partial charge in [-0.2, -0.15) is 0 Å². The monoisotopic (exact) mass is 412 g/mol. The summed E-state index contributed by atoms with van der Waals surface area (Å²) in [5, 5.41) is 6.74. The number of hydrogen-bond donors (Lipinski definition) is 2. The molecule has 1 aliphatic rings. The molecule has 2 N–H and O–H groups in total. The van der Waals surface area contributed by atoms with E-state index >= 15 is 0 Å². The van der Waals surface area contributed by atoms with Gasteiger partial charge in [0.15, 0.2) is 5.96 Å². The largest absolute Gasteiger partial charge is 0.383 e. The Morgan fingerprint density at radius 2 is 2.14 bits per heavy atom. The molecule has 0 bridgehead atoms. The molecule has 0 aromatic rings. The van der Waals surface area contributed by atoms with Gasteiger partial charge in [-0.15, -0.1) is 24.0 Å². The van der Waals surface area contributed by atoms with Crippen LogP contribution in [-0.4, -0.2) is 63.3 Å². The van der Waals surface area contributed by atoms with Gasteiger partial charge in [0.2, 0.25) is 0 Å². The Hall–Kier alpha value is -0.0800. The highest BCUT2D eigenvalue weighted by atomic mass is 127. The summed E-state index contributed by atoms with van der Waals surface area (Å²) in [6, 6.07) is 0.797. The number of aliphatic imine (C=N–C) groups is 1. The lowest BCUT2D eigenvalue weighted by atomic mass is 9.99. The first-order valence-electron chi connectivity index (χ1n) is 7.77. The van der Waals surface area contributed by atoms with E-state index in [2.05, 4.69) is 41.3 Å². The van der Waals surface area contributed by atoms with Crippen LogP contribution in [0.15, 0.2) is 4.99 Å². The first-order valence-corrected chi connectivity index (χ1v) is 7.77. The summed E-state index contributed by atoms with van der Waals surface area (Å²) >= 11 is 0. The van der Waals surface area contributed by atoms with Gasteiger partial charge in [-0.1, -0.05) is 6.92 Å². The molecule has 3 unspecified atom stereocenters. The first kappa shape index (κ1) is 20.9. The molecule has 21 heavy (non-hydrogen) atoms. The first-order chi connectivity index (χ1) is 9.56. The maximum Gasteiger partial charge on any atom is 0.191 e. The van der Waals surface area contributed by atoms with Crippen LogP contribution in [0, 0.1) is 5.92 Å². The second-order valence-corrected chi connectivity index (χ2v) is 6.05. The minimum absolute atomic E-state index is 0. The minimum Gasteiger partial charge on any atom is -0.383 e. The van der Waals surface area contributed by atoms with Gasteiger partial charge < -0.3 is 15.4 Å². The number of likely N-dealkylation sites (tertiary alicyclic amines) is 1. The number of hydrogen-bond acceptors (Lipinski definition) is 3. The number of methoxy groups -OCH3 is 1. The molecule has 0 spiro atoms. The smallest absolute Gasteiger partial charge is 0.191 e. The van der Waals surface area contributed by atoms with Crippen LogP contribution in [0.4, 0.5) is 0 Å². The van der Waals surface area contributed by atoms with Gasteiger partial charge in [0.25, 0.3) is 0 Å². The molecule has 1 fully saturated rings. The lowest BCUT2D eigenvalue weighted by Gasteiger charge is -2.35. The Morgan fingerprint density at radius 3 is 2.71 bits per heavy atom. The molecule has 1 saturated heterocycles. The number of ether oxygens (including phenoxy) is 1. The topological polar surface area (TPSA) is 48.9 Å².